The van der Waals surface area contributed by atoms with E-state index >= 15 is 0 Å². The lowest BCUT2D eigenvalue weighted by Gasteiger charge is -2.07. The summed E-state index contributed by atoms with van der Waals surface area (Å²) in [5.41, 5.74) is 1.92. The molecule has 0 spiro atoms. The Morgan fingerprint density at radius 2 is 2.24 bits per heavy atom. The number of aryl methyl sites for hydroxylation is 1. The second-order valence-electron chi connectivity index (χ2n) is 3.91. The number of carbonyl (C=O) groups excluding carboxylic acids is 1. The van der Waals surface area contributed by atoms with Crippen LogP contribution in [0.3, 0.4) is 0 Å². The minimum Gasteiger partial charge on any atom is -0.293 e. The van der Waals surface area contributed by atoms with Gasteiger partial charge in [0.1, 0.15) is 0 Å². The number of ketones is 1. The van der Waals surface area contributed by atoms with Crippen molar-refractivity contribution in [2.24, 2.45) is 0 Å². The number of hydrogen-bond donors (Lipinski definition) is 0. The molecule has 2 nitrogen and oxygen atoms in total. The molecule has 1 atom stereocenters. The molecule has 0 aliphatic rings. The number of pyridine rings is 1. The zero-order chi connectivity index (χ0) is 12.4. The van der Waals surface area contributed by atoms with Crippen LogP contribution in [0.1, 0.15) is 33.8 Å². The van der Waals surface area contributed by atoms with Crippen molar-refractivity contribution in [1.82, 2.24) is 4.98 Å². The second kappa shape index (κ2) is 5.10. The minimum atomic E-state index is -0.193. The molecule has 4 heteroatoms. The van der Waals surface area contributed by atoms with Crippen LogP contribution in [-0.2, 0) is 0 Å². The Bertz CT molecular complexity index is 516. The molecule has 0 aliphatic carbocycles. The maximum atomic E-state index is 12.3. The van der Waals surface area contributed by atoms with Crippen molar-refractivity contribution in [2.75, 3.05) is 0 Å². The van der Waals surface area contributed by atoms with E-state index in [-0.39, 0.29) is 11.7 Å². The number of rotatable bonds is 3. The SMILES string of the molecule is Cc1cc(C(=O)C(C)c2ccccn2)sc1Br. The summed E-state index contributed by atoms with van der Waals surface area (Å²) in [7, 11) is 0. The fourth-order valence-electron chi connectivity index (χ4n) is 1.56. The highest BCUT2D eigenvalue weighted by atomic mass is 79.9. The normalized spacial score (nSPS) is 12.4. The lowest BCUT2D eigenvalue weighted by atomic mass is 10.0. The van der Waals surface area contributed by atoms with Gasteiger partial charge in [-0.1, -0.05) is 6.07 Å². The van der Waals surface area contributed by atoms with E-state index in [1.807, 2.05) is 38.1 Å². The largest absolute Gasteiger partial charge is 0.293 e. The molecule has 0 saturated heterocycles. The van der Waals surface area contributed by atoms with Gasteiger partial charge in [0.05, 0.1) is 20.3 Å². The summed E-state index contributed by atoms with van der Waals surface area (Å²) in [6.45, 7) is 3.89. The van der Waals surface area contributed by atoms with Crippen LogP contribution in [0.15, 0.2) is 34.2 Å². The molecule has 1 unspecified atom stereocenters. The third-order valence-corrected chi connectivity index (χ3v) is 4.78. The summed E-state index contributed by atoms with van der Waals surface area (Å²) < 4.78 is 1.02. The van der Waals surface area contributed by atoms with Gasteiger partial charge in [-0.3, -0.25) is 9.78 Å². The third-order valence-electron chi connectivity index (χ3n) is 2.62. The Balaban J connectivity index is 2.26. The molecular weight excluding hydrogens is 298 g/mol. The molecule has 88 valence electrons. The summed E-state index contributed by atoms with van der Waals surface area (Å²) in [4.78, 5) is 17.3. The molecule has 0 bridgehead atoms. The van der Waals surface area contributed by atoms with E-state index in [1.54, 1.807) is 6.20 Å². The minimum absolute atomic E-state index is 0.127. The van der Waals surface area contributed by atoms with Crippen LogP contribution in [0, 0.1) is 6.92 Å². The van der Waals surface area contributed by atoms with Crippen molar-refractivity contribution in [1.29, 1.82) is 0 Å². The van der Waals surface area contributed by atoms with Crippen molar-refractivity contribution in [3.8, 4) is 0 Å². The molecule has 0 saturated carbocycles. The summed E-state index contributed by atoms with van der Waals surface area (Å²) in [5.74, 6) is -0.0661. The van der Waals surface area contributed by atoms with Crippen molar-refractivity contribution >= 4 is 33.0 Å². The van der Waals surface area contributed by atoms with Crippen LogP contribution in [0.5, 0.6) is 0 Å². The van der Waals surface area contributed by atoms with Gasteiger partial charge in [-0.25, -0.2) is 0 Å². The smallest absolute Gasteiger partial charge is 0.181 e. The Hall–Kier alpha value is -1.000. The monoisotopic (exact) mass is 309 g/mol. The lowest BCUT2D eigenvalue weighted by Crippen LogP contribution is -2.09. The van der Waals surface area contributed by atoms with Crippen LogP contribution in [0.2, 0.25) is 0 Å². The molecule has 0 radical (unpaired) electrons. The molecule has 0 aliphatic heterocycles. The van der Waals surface area contributed by atoms with Crippen molar-refractivity contribution in [3.05, 3.63) is 50.4 Å². The van der Waals surface area contributed by atoms with E-state index < -0.39 is 0 Å². The number of nitrogens with zero attached hydrogens (tertiary/aromatic N) is 1. The summed E-state index contributed by atoms with van der Waals surface area (Å²) in [6, 6.07) is 7.57. The standard InChI is InChI=1S/C13H12BrNOS/c1-8-7-11(17-13(8)14)12(16)9(2)10-5-3-4-6-15-10/h3-7,9H,1-2H3. The highest BCUT2D eigenvalue weighted by Crippen LogP contribution is 2.30. The van der Waals surface area contributed by atoms with Crippen LogP contribution in [-0.4, -0.2) is 10.8 Å². The Morgan fingerprint density at radius 1 is 1.47 bits per heavy atom. The average Bonchev–Trinajstić information content (AvgIpc) is 2.69. The molecule has 2 heterocycles. The quantitative estimate of drug-likeness (QED) is 0.795. The van der Waals surface area contributed by atoms with E-state index in [0.717, 1.165) is 19.9 Å². The van der Waals surface area contributed by atoms with Gasteiger partial charge in [-0.2, -0.15) is 0 Å². The summed E-state index contributed by atoms with van der Waals surface area (Å²) in [5, 5.41) is 0. The van der Waals surface area contributed by atoms with E-state index in [9.17, 15) is 4.79 Å². The predicted molar refractivity (Wildman–Crippen MR) is 73.7 cm³/mol. The fraction of sp³-hybridized carbons (Fsp3) is 0.231. The molecule has 0 fully saturated rings. The van der Waals surface area contributed by atoms with Gasteiger partial charge in [0.25, 0.3) is 0 Å². The molecule has 0 amide bonds. The van der Waals surface area contributed by atoms with Crippen LogP contribution >= 0.6 is 27.3 Å². The van der Waals surface area contributed by atoms with Crippen molar-refractivity contribution in [2.45, 2.75) is 19.8 Å². The van der Waals surface area contributed by atoms with Gasteiger partial charge in [-0.15, -0.1) is 11.3 Å². The highest BCUT2D eigenvalue weighted by Gasteiger charge is 2.20. The van der Waals surface area contributed by atoms with E-state index in [2.05, 4.69) is 20.9 Å². The van der Waals surface area contributed by atoms with Gasteiger partial charge in [0.15, 0.2) is 5.78 Å². The molecule has 2 rings (SSSR count). The Morgan fingerprint density at radius 3 is 2.76 bits per heavy atom. The van der Waals surface area contributed by atoms with Gasteiger partial charge < -0.3 is 0 Å². The van der Waals surface area contributed by atoms with Gasteiger partial charge in [0, 0.05) is 6.20 Å². The number of carbonyl (C=O) groups is 1. The summed E-state index contributed by atoms with van der Waals surface area (Å²) in [6.07, 6.45) is 1.72. The van der Waals surface area contributed by atoms with Crippen LogP contribution in [0.4, 0.5) is 0 Å². The average molecular weight is 310 g/mol. The van der Waals surface area contributed by atoms with Crippen molar-refractivity contribution < 1.29 is 4.79 Å². The van der Waals surface area contributed by atoms with E-state index in [4.69, 9.17) is 0 Å². The molecule has 17 heavy (non-hydrogen) atoms. The van der Waals surface area contributed by atoms with E-state index in [0.29, 0.717) is 0 Å². The number of aromatic nitrogens is 1. The first-order valence-electron chi connectivity index (χ1n) is 5.30. The Labute approximate surface area is 113 Å². The number of hydrogen-bond acceptors (Lipinski definition) is 3. The first-order valence-corrected chi connectivity index (χ1v) is 6.91. The third kappa shape index (κ3) is 2.64. The van der Waals surface area contributed by atoms with Gasteiger partial charge >= 0.3 is 0 Å². The summed E-state index contributed by atoms with van der Waals surface area (Å²) >= 11 is 4.93. The number of thiophene rings is 1. The van der Waals surface area contributed by atoms with Crippen LogP contribution in [0.25, 0.3) is 0 Å². The number of Topliss-reactive ketones (excluding diaryl/α,β-unsaturated/α-hetero) is 1. The second-order valence-corrected chi connectivity index (χ2v) is 6.28. The van der Waals surface area contributed by atoms with Gasteiger partial charge in [0.2, 0.25) is 0 Å². The zero-order valence-corrected chi connectivity index (χ0v) is 12.0. The Kier molecular flexibility index (Phi) is 3.74. The lowest BCUT2D eigenvalue weighted by molar-refractivity contribution is 0.0968. The first kappa shape index (κ1) is 12.5. The zero-order valence-electron chi connectivity index (χ0n) is 9.61. The number of halogens is 1. The maximum absolute atomic E-state index is 12.3. The molecular formula is C13H12BrNOS. The molecule has 2 aromatic rings. The van der Waals surface area contributed by atoms with E-state index in [1.165, 1.54) is 11.3 Å². The predicted octanol–water partition coefficient (Wildman–Crippen LogP) is 4.20. The first-order chi connectivity index (χ1) is 8.09. The maximum Gasteiger partial charge on any atom is 0.181 e. The fourth-order valence-corrected chi connectivity index (χ4v) is 3.12. The molecule has 0 aromatic carbocycles. The van der Waals surface area contributed by atoms with Crippen LogP contribution < -0.4 is 0 Å². The highest BCUT2D eigenvalue weighted by molar-refractivity contribution is 9.11. The molecule has 2 aromatic heterocycles. The topological polar surface area (TPSA) is 30.0 Å². The molecule has 0 N–H and O–H groups in total. The van der Waals surface area contributed by atoms with Crippen molar-refractivity contribution in [3.63, 3.8) is 0 Å². The van der Waals surface area contributed by atoms with Gasteiger partial charge in [-0.05, 0) is 53.5 Å².